The molecule has 0 radical (unpaired) electrons. The predicted molar refractivity (Wildman–Crippen MR) is 81.1 cm³/mol. The first kappa shape index (κ1) is 15.7. The van der Waals surface area contributed by atoms with E-state index in [0.29, 0.717) is 18.3 Å². The van der Waals surface area contributed by atoms with Gasteiger partial charge in [0.2, 0.25) is 0 Å². The molecular weight excluding hydrogens is 268 g/mol. The van der Waals surface area contributed by atoms with Gasteiger partial charge in [-0.1, -0.05) is 6.92 Å². The molecule has 6 heteroatoms. The number of carbonyl (C=O) groups excluding carboxylic acids is 1. The highest BCUT2D eigenvalue weighted by molar-refractivity contribution is 5.69. The number of rotatable bonds is 5. The minimum Gasteiger partial charge on any atom is -0.454 e. The standard InChI is InChI=1S/C15H24N4O2/c1-4-5-14(20)21-12(3)15-17-7-6-13(18-15)19-9-8-16-10-11(19)2/h6-7,11-12,16H,4-5,8-10H2,1-3H3/t11-,12+/m0/s1. The zero-order valence-electron chi connectivity index (χ0n) is 13.0. The van der Waals surface area contributed by atoms with Gasteiger partial charge >= 0.3 is 5.97 Å². The molecule has 0 amide bonds. The van der Waals surface area contributed by atoms with Crippen molar-refractivity contribution in [2.45, 2.75) is 45.8 Å². The summed E-state index contributed by atoms with van der Waals surface area (Å²) in [5.74, 6) is 1.25. The van der Waals surface area contributed by atoms with E-state index < -0.39 is 6.10 Å². The maximum absolute atomic E-state index is 11.6. The lowest BCUT2D eigenvalue weighted by atomic mass is 10.2. The van der Waals surface area contributed by atoms with Crippen LogP contribution >= 0.6 is 0 Å². The molecule has 0 spiro atoms. The zero-order valence-corrected chi connectivity index (χ0v) is 13.0. The number of hydrogen-bond donors (Lipinski definition) is 1. The van der Waals surface area contributed by atoms with Crippen LogP contribution in [0.4, 0.5) is 5.82 Å². The van der Waals surface area contributed by atoms with Gasteiger partial charge in [-0.25, -0.2) is 9.97 Å². The first-order chi connectivity index (χ1) is 10.1. The molecule has 2 rings (SSSR count). The van der Waals surface area contributed by atoms with E-state index in [0.717, 1.165) is 31.9 Å². The van der Waals surface area contributed by atoms with E-state index in [9.17, 15) is 4.79 Å². The molecule has 1 aromatic heterocycles. The molecule has 6 nitrogen and oxygen atoms in total. The van der Waals surface area contributed by atoms with Crippen molar-refractivity contribution < 1.29 is 9.53 Å². The maximum Gasteiger partial charge on any atom is 0.306 e. The molecule has 1 aliphatic rings. The minimum atomic E-state index is -0.415. The lowest BCUT2D eigenvalue weighted by Crippen LogP contribution is -2.50. The molecule has 0 aliphatic carbocycles. The van der Waals surface area contributed by atoms with Gasteiger partial charge in [0.1, 0.15) is 5.82 Å². The van der Waals surface area contributed by atoms with E-state index >= 15 is 0 Å². The molecule has 2 atom stereocenters. The van der Waals surface area contributed by atoms with Gasteiger partial charge in [-0.2, -0.15) is 0 Å². The molecule has 0 bridgehead atoms. The Morgan fingerprint density at radius 2 is 2.43 bits per heavy atom. The Morgan fingerprint density at radius 3 is 3.14 bits per heavy atom. The summed E-state index contributed by atoms with van der Waals surface area (Å²) in [6.07, 6.45) is 2.53. The van der Waals surface area contributed by atoms with Gasteiger partial charge in [0.15, 0.2) is 11.9 Å². The molecule has 1 aliphatic heterocycles. The van der Waals surface area contributed by atoms with Gasteiger partial charge in [0, 0.05) is 38.3 Å². The summed E-state index contributed by atoms with van der Waals surface area (Å²) in [6.45, 7) is 8.74. The molecule has 0 aromatic carbocycles. The fourth-order valence-corrected chi connectivity index (χ4v) is 2.41. The van der Waals surface area contributed by atoms with Crippen molar-refractivity contribution in [3.05, 3.63) is 18.1 Å². The number of piperazine rings is 1. The number of nitrogens with one attached hydrogen (secondary N) is 1. The third kappa shape index (κ3) is 4.14. The fourth-order valence-electron chi connectivity index (χ4n) is 2.41. The minimum absolute atomic E-state index is 0.199. The molecule has 21 heavy (non-hydrogen) atoms. The SMILES string of the molecule is CCCC(=O)O[C@H](C)c1nccc(N2CCNC[C@@H]2C)n1. The number of anilines is 1. The van der Waals surface area contributed by atoms with E-state index in [1.807, 2.05) is 19.9 Å². The number of carbonyl (C=O) groups is 1. The van der Waals surface area contributed by atoms with Crippen molar-refractivity contribution in [2.75, 3.05) is 24.5 Å². The fraction of sp³-hybridized carbons (Fsp3) is 0.667. The summed E-state index contributed by atoms with van der Waals surface area (Å²) in [4.78, 5) is 22.6. The second kappa shape index (κ2) is 7.36. The topological polar surface area (TPSA) is 67.3 Å². The van der Waals surface area contributed by atoms with Crippen LogP contribution in [-0.2, 0) is 9.53 Å². The Hall–Kier alpha value is -1.69. The molecule has 1 aromatic rings. The number of hydrogen-bond acceptors (Lipinski definition) is 6. The van der Waals surface area contributed by atoms with Gasteiger partial charge in [-0.3, -0.25) is 4.79 Å². The summed E-state index contributed by atoms with van der Waals surface area (Å²) >= 11 is 0. The number of aromatic nitrogens is 2. The summed E-state index contributed by atoms with van der Waals surface area (Å²) in [5.41, 5.74) is 0. The van der Waals surface area contributed by atoms with Gasteiger partial charge in [0.25, 0.3) is 0 Å². The second-order valence-electron chi connectivity index (χ2n) is 5.40. The van der Waals surface area contributed by atoms with Crippen LogP contribution < -0.4 is 10.2 Å². The van der Waals surface area contributed by atoms with E-state index in [2.05, 4.69) is 27.1 Å². The normalized spacial score (nSPS) is 20.1. The van der Waals surface area contributed by atoms with E-state index in [1.54, 1.807) is 6.20 Å². The van der Waals surface area contributed by atoms with E-state index in [1.165, 1.54) is 0 Å². The molecule has 1 saturated heterocycles. The van der Waals surface area contributed by atoms with Crippen molar-refractivity contribution in [1.82, 2.24) is 15.3 Å². The van der Waals surface area contributed by atoms with Crippen LogP contribution in [0.25, 0.3) is 0 Å². The second-order valence-corrected chi connectivity index (χ2v) is 5.40. The van der Waals surface area contributed by atoms with E-state index in [-0.39, 0.29) is 5.97 Å². The lowest BCUT2D eigenvalue weighted by Gasteiger charge is -2.35. The number of nitrogens with zero attached hydrogens (tertiary/aromatic N) is 3. The van der Waals surface area contributed by atoms with Crippen molar-refractivity contribution >= 4 is 11.8 Å². The smallest absolute Gasteiger partial charge is 0.306 e. The van der Waals surface area contributed by atoms with Gasteiger partial charge in [-0.15, -0.1) is 0 Å². The summed E-state index contributed by atoms with van der Waals surface area (Å²) in [6, 6.07) is 2.30. The maximum atomic E-state index is 11.6. The highest BCUT2D eigenvalue weighted by Gasteiger charge is 2.21. The molecular formula is C15H24N4O2. The van der Waals surface area contributed by atoms with Gasteiger partial charge in [-0.05, 0) is 26.3 Å². The number of esters is 1. The Morgan fingerprint density at radius 1 is 1.62 bits per heavy atom. The summed E-state index contributed by atoms with van der Waals surface area (Å²) in [5, 5.41) is 3.36. The van der Waals surface area contributed by atoms with Crippen LogP contribution in [-0.4, -0.2) is 41.6 Å². The lowest BCUT2D eigenvalue weighted by molar-refractivity contribution is -0.149. The Kier molecular flexibility index (Phi) is 5.50. The van der Waals surface area contributed by atoms with Crippen molar-refractivity contribution in [3.63, 3.8) is 0 Å². The summed E-state index contributed by atoms with van der Waals surface area (Å²) in [7, 11) is 0. The third-order valence-corrected chi connectivity index (χ3v) is 3.58. The largest absolute Gasteiger partial charge is 0.454 e. The van der Waals surface area contributed by atoms with Crippen LogP contribution in [0.5, 0.6) is 0 Å². The molecule has 1 N–H and O–H groups in total. The summed E-state index contributed by atoms with van der Waals surface area (Å²) < 4.78 is 5.35. The van der Waals surface area contributed by atoms with Crippen LogP contribution in [0.3, 0.4) is 0 Å². The van der Waals surface area contributed by atoms with Crippen molar-refractivity contribution in [2.24, 2.45) is 0 Å². The molecule has 0 unspecified atom stereocenters. The van der Waals surface area contributed by atoms with Crippen LogP contribution in [0, 0.1) is 0 Å². The molecule has 116 valence electrons. The quantitative estimate of drug-likeness (QED) is 0.833. The third-order valence-electron chi connectivity index (χ3n) is 3.58. The molecule has 0 saturated carbocycles. The average molecular weight is 292 g/mol. The predicted octanol–water partition coefficient (Wildman–Crippen LogP) is 1.68. The van der Waals surface area contributed by atoms with Gasteiger partial charge < -0.3 is 15.0 Å². The van der Waals surface area contributed by atoms with E-state index in [4.69, 9.17) is 4.74 Å². The Balaban J connectivity index is 2.07. The van der Waals surface area contributed by atoms with Crippen LogP contribution in [0.2, 0.25) is 0 Å². The zero-order chi connectivity index (χ0) is 15.2. The van der Waals surface area contributed by atoms with Crippen molar-refractivity contribution in [3.8, 4) is 0 Å². The van der Waals surface area contributed by atoms with Crippen molar-refractivity contribution in [1.29, 1.82) is 0 Å². The highest BCUT2D eigenvalue weighted by Crippen LogP contribution is 2.19. The average Bonchev–Trinajstić information content (AvgIpc) is 2.48. The van der Waals surface area contributed by atoms with Gasteiger partial charge in [0.05, 0.1) is 0 Å². The first-order valence-corrected chi connectivity index (χ1v) is 7.61. The van der Waals surface area contributed by atoms with Crippen LogP contribution in [0.1, 0.15) is 45.5 Å². The Labute approximate surface area is 125 Å². The highest BCUT2D eigenvalue weighted by atomic mass is 16.5. The number of ether oxygens (including phenoxy) is 1. The molecule has 1 fully saturated rings. The monoisotopic (exact) mass is 292 g/mol. The van der Waals surface area contributed by atoms with Crippen LogP contribution in [0.15, 0.2) is 12.3 Å². The molecule has 2 heterocycles. The first-order valence-electron chi connectivity index (χ1n) is 7.61. The Bertz CT molecular complexity index is 480.